The Hall–Kier alpha value is -3.64. The van der Waals surface area contributed by atoms with Gasteiger partial charge in [-0.15, -0.1) is 0 Å². The molecule has 1 saturated heterocycles. The van der Waals surface area contributed by atoms with Gasteiger partial charge >= 0.3 is 0 Å². The van der Waals surface area contributed by atoms with E-state index in [9.17, 15) is 14.7 Å². The molecule has 1 atom stereocenters. The molecule has 0 bridgehead atoms. The Balaban J connectivity index is 1.96. The maximum absolute atomic E-state index is 13.2. The normalized spacial score (nSPS) is 17.6. The molecule has 1 amide bonds. The van der Waals surface area contributed by atoms with Crippen molar-refractivity contribution >= 4 is 34.7 Å². The number of aliphatic hydroxyl groups is 1. The van der Waals surface area contributed by atoms with Gasteiger partial charge in [0.1, 0.15) is 11.5 Å². The second-order valence-corrected chi connectivity index (χ2v) is 8.00. The number of ketones is 1. The minimum absolute atomic E-state index is 0.00476. The Morgan fingerprint density at radius 3 is 2.41 bits per heavy atom. The highest BCUT2D eigenvalue weighted by atomic mass is 35.5. The molecule has 1 N–H and O–H groups in total. The van der Waals surface area contributed by atoms with Crippen LogP contribution in [0.2, 0.25) is 5.02 Å². The molecule has 6 nitrogen and oxygen atoms in total. The van der Waals surface area contributed by atoms with E-state index in [0.29, 0.717) is 27.6 Å². The van der Waals surface area contributed by atoms with Crippen molar-refractivity contribution in [3.8, 4) is 5.75 Å². The summed E-state index contributed by atoms with van der Waals surface area (Å²) in [6.45, 7) is 3.67. The lowest BCUT2D eigenvalue weighted by atomic mass is 9.95. The Bertz CT molecular complexity index is 1250. The largest absolute Gasteiger partial charge is 0.507 e. The molecule has 4 rings (SSSR count). The molecule has 1 aliphatic rings. The number of rotatable bonds is 4. The monoisotopic (exact) mass is 448 g/mol. The summed E-state index contributed by atoms with van der Waals surface area (Å²) >= 11 is 6.21. The van der Waals surface area contributed by atoms with Gasteiger partial charge in [-0.05, 0) is 73.0 Å². The lowest BCUT2D eigenvalue weighted by Crippen LogP contribution is -2.30. The Morgan fingerprint density at radius 1 is 1.03 bits per heavy atom. The second-order valence-electron chi connectivity index (χ2n) is 7.56. The Labute approximate surface area is 190 Å². The molecule has 3 aromatic rings. The summed E-state index contributed by atoms with van der Waals surface area (Å²) in [5.74, 6) is -1.10. The molecule has 1 aliphatic heterocycles. The molecule has 32 heavy (non-hydrogen) atoms. The zero-order valence-electron chi connectivity index (χ0n) is 17.8. The third-order valence-corrected chi connectivity index (χ3v) is 5.80. The number of aryl methyl sites for hydroxylation is 2. The van der Waals surface area contributed by atoms with Gasteiger partial charge in [-0.25, -0.2) is 0 Å². The van der Waals surface area contributed by atoms with E-state index in [2.05, 4.69) is 4.98 Å². The van der Waals surface area contributed by atoms with E-state index in [0.717, 1.165) is 11.1 Å². The van der Waals surface area contributed by atoms with E-state index >= 15 is 0 Å². The zero-order valence-corrected chi connectivity index (χ0v) is 18.6. The predicted octanol–water partition coefficient (Wildman–Crippen LogP) is 4.99. The van der Waals surface area contributed by atoms with Gasteiger partial charge in [-0.3, -0.25) is 19.5 Å². The number of aliphatic hydroxyl groups excluding tert-OH is 1. The van der Waals surface area contributed by atoms with Crippen LogP contribution in [0.25, 0.3) is 5.76 Å². The summed E-state index contributed by atoms with van der Waals surface area (Å²) in [6, 6.07) is 12.8. The number of pyridine rings is 1. The standard InChI is InChI=1S/C25H21ClN2O4/c1-14-4-6-18(26)13-19(14)28-22(16-8-10-27-11-9-16)21(24(30)25(28)31)23(29)17-5-7-20(32-3)15(2)12-17/h4-13,22,29H,1-3H3/b23-21+. The number of carbonyl (C=O) groups excluding carboxylic acids is 2. The first kappa shape index (κ1) is 21.6. The fourth-order valence-corrected chi connectivity index (χ4v) is 4.13. The van der Waals surface area contributed by atoms with Gasteiger partial charge in [0, 0.05) is 28.7 Å². The number of aromatic nitrogens is 1. The van der Waals surface area contributed by atoms with E-state index in [1.54, 1.807) is 68.0 Å². The molecule has 0 radical (unpaired) electrons. The van der Waals surface area contributed by atoms with E-state index in [4.69, 9.17) is 16.3 Å². The highest BCUT2D eigenvalue weighted by Gasteiger charge is 2.47. The average molecular weight is 449 g/mol. The minimum Gasteiger partial charge on any atom is -0.507 e. The maximum atomic E-state index is 13.2. The van der Waals surface area contributed by atoms with Crippen molar-refractivity contribution in [1.82, 2.24) is 4.98 Å². The number of nitrogens with zero attached hydrogens (tertiary/aromatic N) is 2. The molecule has 0 spiro atoms. The number of anilines is 1. The summed E-state index contributed by atoms with van der Waals surface area (Å²) in [7, 11) is 1.56. The van der Waals surface area contributed by atoms with Crippen LogP contribution in [0.5, 0.6) is 5.75 Å². The van der Waals surface area contributed by atoms with Gasteiger partial charge in [-0.1, -0.05) is 17.7 Å². The van der Waals surface area contributed by atoms with Crippen LogP contribution in [-0.4, -0.2) is 28.9 Å². The number of amides is 1. The minimum atomic E-state index is -0.836. The fourth-order valence-electron chi connectivity index (χ4n) is 3.97. The van der Waals surface area contributed by atoms with E-state index in [1.165, 1.54) is 4.90 Å². The number of benzene rings is 2. The molecule has 162 valence electrons. The lowest BCUT2D eigenvalue weighted by molar-refractivity contribution is -0.132. The fraction of sp³-hybridized carbons (Fsp3) is 0.160. The number of methoxy groups -OCH3 is 1. The molecule has 1 fully saturated rings. The Morgan fingerprint density at radius 2 is 1.75 bits per heavy atom. The van der Waals surface area contributed by atoms with Crippen LogP contribution >= 0.6 is 11.6 Å². The number of hydrogen-bond acceptors (Lipinski definition) is 5. The molecule has 1 unspecified atom stereocenters. The number of hydrogen-bond donors (Lipinski definition) is 1. The van der Waals surface area contributed by atoms with Crippen LogP contribution in [0.4, 0.5) is 5.69 Å². The number of Topliss-reactive ketones (excluding diaryl/α,β-unsaturated/α-hetero) is 1. The maximum Gasteiger partial charge on any atom is 0.300 e. The highest BCUT2D eigenvalue weighted by Crippen LogP contribution is 2.43. The van der Waals surface area contributed by atoms with Gasteiger partial charge in [0.05, 0.1) is 18.7 Å². The molecule has 7 heteroatoms. The summed E-state index contributed by atoms with van der Waals surface area (Å²) < 4.78 is 5.29. The van der Waals surface area contributed by atoms with E-state index in [1.807, 2.05) is 13.8 Å². The van der Waals surface area contributed by atoms with Crippen molar-refractivity contribution in [1.29, 1.82) is 0 Å². The average Bonchev–Trinajstić information content (AvgIpc) is 3.06. The molecular weight excluding hydrogens is 428 g/mol. The van der Waals surface area contributed by atoms with Crippen molar-refractivity contribution in [2.24, 2.45) is 0 Å². The molecular formula is C25H21ClN2O4. The van der Waals surface area contributed by atoms with Crippen LogP contribution in [0.1, 0.15) is 28.3 Å². The van der Waals surface area contributed by atoms with Gasteiger partial charge in [0.2, 0.25) is 0 Å². The van der Waals surface area contributed by atoms with E-state index < -0.39 is 17.7 Å². The second kappa shape index (κ2) is 8.48. The molecule has 0 saturated carbocycles. The third-order valence-electron chi connectivity index (χ3n) is 5.57. The third kappa shape index (κ3) is 3.63. The van der Waals surface area contributed by atoms with Crippen molar-refractivity contribution in [3.05, 3.63) is 93.8 Å². The van der Waals surface area contributed by atoms with Crippen molar-refractivity contribution in [3.63, 3.8) is 0 Å². The summed E-state index contributed by atoms with van der Waals surface area (Å²) in [5.41, 5.74) is 3.14. The lowest BCUT2D eigenvalue weighted by Gasteiger charge is -2.27. The highest BCUT2D eigenvalue weighted by molar-refractivity contribution is 6.52. The zero-order chi connectivity index (χ0) is 23.0. The van der Waals surface area contributed by atoms with Crippen LogP contribution in [0.3, 0.4) is 0 Å². The molecule has 1 aromatic heterocycles. The van der Waals surface area contributed by atoms with Gasteiger partial charge < -0.3 is 9.84 Å². The summed E-state index contributed by atoms with van der Waals surface area (Å²) in [6.07, 6.45) is 3.16. The van der Waals surface area contributed by atoms with Crippen molar-refractivity contribution in [2.45, 2.75) is 19.9 Å². The predicted molar refractivity (Wildman–Crippen MR) is 123 cm³/mol. The van der Waals surface area contributed by atoms with Crippen LogP contribution in [-0.2, 0) is 9.59 Å². The number of halogens is 1. The van der Waals surface area contributed by atoms with Gasteiger partial charge in [-0.2, -0.15) is 0 Å². The molecule has 0 aliphatic carbocycles. The van der Waals surface area contributed by atoms with E-state index in [-0.39, 0.29) is 11.3 Å². The van der Waals surface area contributed by atoms with Crippen LogP contribution in [0.15, 0.2) is 66.5 Å². The number of ether oxygens (including phenoxy) is 1. The number of carbonyl (C=O) groups is 2. The summed E-state index contributed by atoms with van der Waals surface area (Å²) in [5, 5.41) is 11.7. The topological polar surface area (TPSA) is 79.7 Å². The Kier molecular flexibility index (Phi) is 5.72. The van der Waals surface area contributed by atoms with Gasteiger partial charge in [0.15, 0.2) is 0 Å². The smallest absolute Gasteiger partial charge is 0.300 e. The van der Waals surface area contributed by atoms with Gasteiger partial charge in [0.25, 0.3) is 11.7 Å². The van der Waals surface area contributed by atoms with Crippen LogP contribution < -0.4 is 9.64 Å². The first-order valence-corrected chi connectivity index (χ1v) is 10.3. The SMILES string of the molecule is COc1ccc(/C(O)=C2\C(=O)C(=O)N(c3cc(Cl)ccc3C)C2c2ccncc2)cc1C. The quantitative estimate of drug-likeness (QED) is 0.345. The first-order valence-electron chi connectivity index (χ1n) is 9.95. The first-order chi connectivity index (χ1) is 15.3. The van der Waals surface area contributed by atoms with Crippen molar-refractivity contribution < 1.29 is 19.4 Å². The molecule has 2 heterocycles. The summed E-state index contributed by atoms with van der Waals surface area (Å²) in [4.78, 5) is 31.9. The van der Waals surface area contributed by atoms with Crippen molar-refractivity contribution in [2.75, 3.05) is 12.0 Å². The molecule has 2 aromatic carbocycles. The van der Waals surface area contributed by atoms with Crippen LogP contribution in [0, 0.1) is 13.8 Å².